The minimum Gasteiger partial charge on any atom is -0.351 e. The van der Waals surface area contributed by atoms with Gasteiger partial charge in [-0.1, -0.05) is 12.1 Å². The molecule has 1 N–H and O–H groups in total. The summed E-state index contributed by atoms with van der Waals surface area (Å²) in [6.45, 7) is 4.08. The van der Waals surface area contributed by atoms with Gasteiger partial charge in [0.25, 0.3) is 5.91 Å². The van der Waals surface area contributed by atoms with Crippen LogP contribution in [-0.2, 0) is 9.59 Å². The zero-order chi connectivity index (χ0) is 23.8. The highest BCUT2D eigenvalue weighted by Crippen LogP contribution is 2.20. The van der Waals surface area contributed by atoms with Crippen LogP contribution in [0.4, 0.5) is 0 Å². The van der Waals surface area contributed by atoms with Crippen molar-refractivity contribution in [3.05, 3.63) is 36.2 Å². The molecule has 3 rings (SSSR count). The van der Waals surface area contributed by atoms with Crippen LogP contribution in [-0.4, -0.2) is 63.4 Å². The zero-order valence-electron chi connectivity index (χ0n) is 19.0. The number of fused-ring (bicyclic) bond motifs is 1. The largest absolute Gasteiger partial charge is 0.351 e. The fraction of sp³-hybridized carbons (Fsp3) is 0.458. The smallest absolute Gasteiger partial charge is 0.271 e. The van der Waals surface area contributed by atoms with E-state index in [2.05, 4.69) is 26.3 Å². The highest BCUT2D eigenvalue weighted by atomic mass is 16.2. The Morgan fingerprint density at radius 2 is 2.03 bits per heavy atom. The number of nitrogens with one attached hydrogen (secondary N) is 1. The lowest BCUT2D eigenvalue weighted by molar-refractivity contribution is -0.132. The molecule has 2 heterocycles. The minimum absolute atomic E-state index is 0.0257. The predicted octanol–water partition coefficient (Wildman–Crippen LogP) is 2.46. The lowest BCUT2D eigenvalue weighted by Gasteiger charge is -2.24. The molecule has 1 aromatic heterocycles. The summed E-state index contributed by atoms with van der Waals surface area (Å²) in [6, 6.07) is 8.37. The van der Waals surface area contributed by atoms with Crippen LogP contribution in [0.3, 0.4) is 0 Å². The molecule has 0 radical (unpaired) electrons. The molecule has 0 saturated carbocycles. The Morgan fingerprint density at radius 3 is 2.76 bits per heavy atom. The number of hydrogen-bond donors (Lipinski definition) is 1. The number of Topliss-reactive ketones (excluding diaryl/α,β-unsaturated/α-hetero) is 1. The van der Waals surface area contributed by atoms with E-state index in [1.165, 1.54) is 13.1 Å². The fourth-order valence-electron chi connectivity index (χ4n) is 3.93. The molecular weight excluding hydrogens is 420 g/mol. The van der Waals surface area contributed by atoms with Crippen molar-refractivity contribution < 1.29 is 14.4 Å². The number of ketones is 1. The molecule has 1 aromatic carbocycles. The normalized spacial score (nSPS) is 16.9. The summed E-state index contributed by atoms with van der Waals surface area (Å²) < 4.78 is 0. The molecule has 1 fully saturated rings. The molecule has 2 atom stereocenters. The third-order valence-corrected chi connectivity index (χ3v) is 5.47. The molecule has 1 aliphatic heterocycles. The molecule has 0 spiro atoms. The Labute approximate surface area is 192 Å². The first-order valence-electron chi connectivity index (χ1n) is 11.1. The van der Waals surface area contributed by atoms with Crippen molar-refractivity contribution >= 4 is 34.3 Å². The minimum atomic E-state index is -0.685. The maximum atomic E-state index is 13.1. The van der Waals surface area contributed by atoms with Gasteiger partial charge in [0.15, 0.2) is 0 Å². The van der Waals surface area contributed by atoms with Crippen molar-refractivity contribution in [2.24, 2.45) is 4.99 Å². The van der Waals surface area contributed by atoms with Gasteiger partial charge in [0, 0.05) is 25.2 Å². The molecule has 9 nitrogen and oxygen atoms in total. The maximum Gasteiger partial charge on any atom is 0.271 e. The van der Waals surface area contributed by atoms with Crippen LogP contribution in [0.5, 0.6) is 0 Å². The molecule has 0 bridgehead atoms. The monoisotopic (exact) mass is 448 g/mol. The number of nitriles is 1. The van der Waals surface area contributed by atoms with Crippen LogP contribution in [0.15, 0.2) is 35.5 Å². The molecule has 9 heteroatoms. The van der Waals surface area contributed by atoms with Crippen molar-refractivity contribution in [3.8, 4) is 6.07 Å². The number of carbonyl (C=O) groups is 3. The number of aliphatic imine (C=N–C) groups is 1. The lowest BCUT2D eigenvalue weighted by Crippen LogP contribution is -2.41. The van der Waals surface area contributed by atoms with Crippen molar-refractivity contribution in [1.82, 2.24) is 20.2 Å². The van der Waals surface area contributed by atoms with Gasteiger partial charge in [0.05, 0.1) is 23.3 Å². The highest BCUT2D eigenvalue weighted by Gasteiger charge is 2.32. The Hall–Kier alpha value is -3.67. The van der Waals surface area contributed by atoms with Crippen LogP contribution in [0.1, 0.15) is 56.4 Å². The van der Waals surface area contributed by atoms with Crippen LogP contribution >= 0.6 is 0 Å². The third-order valence-electron chi connectivity index (χ3n) is 5.47. The van der Waals surface area contributed by atoms with Crippen LogP contribution in [0, 0.1) is 11.3 Å². The van der Waals surface area contributed by atoms with Gasteiger partial charge in [-0.05, 0) is 51.7 Å². The molecule has 0 aliphatic carbocycles. The Bertz CT molecular complexity index is 1110. The van der Waals surface area contributed by atoms with E-state index in [4.69, 9.17) is 0 Å². The summed E-state index contributed by atoms with van der Waals surface area (Å²) in [5.41, 5.74) is 2.17. The van der Waals surface area contributed by atoms with Crippen molar-refractivity contribution in [1.29, 1.82) is 5.26 Å². The van der Waals surface area contributed by atoms with E-state index < -0.39 is 12.1 Å². The number of likely N-dealkylation sites (tertiary alicyclic amines) is 1. The number of hydrogen-bond acceptors (Lipinski definition) is 7. The van der Waals surface area contributed by atoms with E-state index in [0.717, 1.165) is 6.42 Å². The number of rotatable bonds is 9. The quantitative estimate of drug-likeness (QED) is 0.463. The average molecular weight is 449 g/mol. The number of benzene rings is 1. The summed E-state index contributed by atoms with van der Waals surface area (Å²) >= 11 is 0. The average Bonchev–Trinajstić information content (AvgIpc) is 3.28. The van der Waals surface area contributed by atoms with Gasteiger partial charge >= 0.3 is 0 Å². The highest BCUT2D eigenvalue weighted by molar-refractivity contribution is 6.00. The van der Waals surface area contributed by atoms with Crippen molar-refractivity contribution in [2.45, 2.75) is 58.0 Å². The van der Waals surface area contributed by atoms with Crippen LogP contribution in [0.2, 0.25) is 0 Å². The van der Waals surface area contributed by atoms with Gasteiger partial charge in [0.1, 0.15) is 23.6 Å². The zero-order valence-corrected chi connectivity index (χ0v) is 19.0. The van der Waals surface area contributed by atoms with E-state index in [1.807, 2.05) is 18.2 Å². The summed E-state index contributed by atoms with van der Waals surface area (Å²) in [5.74, 6) is -0.563. The van der Waals surface area contributed by atoms with Crippen LogP contribution < -0.4 is 5.32 Å². The second-order valence-electron chi connectivity index (χ2n) is 8.22. The van der Waals surface area contributed by atoms with Crippen LogP contribution in [0.25, 0.3) is 11.0 Å². The number of aromatic nitrogens is 2. The predicted molar refractivity (Wildman–Crippen MR) is 124 cm³/mol. The number of amides is 2. The van der Waals surface area contributed by atoms with Gasteiger partial charge in [0.2, 0.25) is 5.91 Å². The Kier molecular flexibility index (Phi) is 8.19. The van der Waals surface area contributed by atoms with E-state index in [9.17, 15) is 19.6 Å². The fourth-order valence-corrected chi connectivity index (χ4v) is 3.93. The third kappa shape index (κ3) is 6.42. The van der Waals surface area contributed by atoms with Gasteiger partial charge in [-0.15, -0.1) is 0 Å². The van der Waals surface area contributed by atoms with Gasteiger partial charge in [-0.25, -0.2) is 4.98 Å². The first-order valence-corrected chi connectivity index (χ1v) is 11.1. The molecule has 172 valence electrons. The topological polar surface area (TPSA) is 128 Å². The standard InChI is InChI=1S/C24H28N6O3/c1-16(13-17(2)31)28-21(24(33)30-12-6-7-18(30)14-25)10-5-11-26-23(32)22-15-27-19-8-3-4-9-20(19)29-22/h3-4,8-9,15,18,21H,5-7,10-13H2,1-2H3,(H,26,32)/t18-,21-/m0/s1. The van der Waals surface area contributed by atoms with Gasteiger partial charge in [-0.3, -0.25) is 24.4 Å². The molecule has 0 unspecified atom stereocenters. The molecule has 2 aromatic rings. The van der Waals surface area contributed by atoms with Crippen molar-refractivity contribution in [2.75, 3.05) is 13.1 Å². The van der Waals surface area contributed by atoms with Crippen molar-refractivity contribution in [3.63, 3.8) is 0 Å². The second kappa shape index (κ2) is 11.3. The summed E-state index contributed by atoms with van der Waals surface area (Å²) in [4.78, 5) is 51.7. The lowest BCUT2D eigenvalue weighted by atomic mass is 10.1. The summed E-state index contributed by atoms with van der Waals surface area (Å²) in [7, 11) is 0. The molecule has 1 aliphatic rings. The van der Waals surface area contributed by atoms with E-state index >= 15 is 0 Å². The summed E-state index contributed by atoms with van der Waals surface area (Å²) in [5, 5.41) is 12.1. The van der Waals surface area contributed by atoms with Gasteiger partial charge in [-0.2, -0.15) is 5.26 Å². The second-order valence-corrected chi connectivity index (χ2v) is 8.22. The van der Waals surface area contributed by atoms with E-state index in [-0.39, 0.29) is 29.7 Å². The number of para-hydroxylation sites is 2. The molecule has 33 heavy (non-hydrogen) atoms. The SMILES string of the molecule is CC(=O)CC(C)=N[C@@H](CCCNC(=O)c1cnc2ccccc2n1)C(=O)N1CCC[C@H]1C#N. The van der Waals surface area contributed by atoms with E-state index in [0.29, 0.717) is 49.1 Å². The molecule has 1 saturated heterocycles. The Morgan fingerprint density at radius 1 is 1.27 bits per heavy atom. The Balaban J connectivity index is 1.61. The van der Waals surface area contributed by atoms with Gasteiger partial charge < -0.3 is 10.2 Å². The van der Waals surface area contributed by atoms with E-state index in [1.54, 1.807) is 17.9 Å². The number of nitrogens with zero attached hydrogens (tertiary/aromatic N) is 5. The first-order chi connectivity index (χ1) is 15.9. The summed E-state index contributed by atoms with van der Waals surface area (Å²) in [6.07, 6.45) is 3.97. The molecule has 2 amide bonds. The number of carbonyl (C=O) groups excluding carboxylic acids is 3. The maximum absolute atomic E-state index is 13.1. The first kappa shape index (κ1) is 24.0. The molecular formula is C24H28N6O3.